The summed E-state index contributed by atoms with van der Waals surface area (Å²) in [5, 5.41) is 5.42. The van der Waals surface area contributed by atoms with Gasteiger partial charge in [-0.1, -0.05) is 6.07 Å². The molecule has 3 aliphatic rings. The van der Waals surface area contributed by atoms with Crippen LogP contribution in [-0.4, -0.2) is 55.7 Å². The maximum absolute atomic E-state index is 13.2. The van der Waals surface area contributed by atoms with Crippen LogP contribution in [0, 0.1) is 0 Å². The molecule has 0 aliphatic carbocycles. The summed E-state index contributed by atoms with van der Waals surface area (Å²) in [6.07, 6.45) is 1.52. The number of ether oxygens (including phenoxy) is 4. The SMILES string of the molecule is C[C@]1(c2ccc3c(c2)OCCCO3)NC(=O)N(CC(=O)Nc2ccc3c(c2)OCCCO3)C1=O. The topological polar surface area (TPSA) is 115 Å². The van der Waals surface area contributed by atoms with Gasteiger partial charge in [-0.2, -0.15) is 0 Å². The van der Waals surface area contributed by atoms with Crippen LogP contribution in [-0.2, 0) is 15.1 Å². The third kappa shape index (κ3) is 4.07. The summed E-state index contributed by atoms with van der Waals surface area (Å²) >= 11 is 0. The Hall–Kier alpha value is -3.95. The average Bonchev–Trinajstić information content (AvgIpc) is 3.10. The van der Waals surface area contributed by atoms with Crippen molar-refractivity contribution in [1.29, 1.82) is 0 Å². The van der Waals surface area contributed by atoms with Gasteiger partial charge >= 0.3 is 6.03 Å². The largest absolute Gasteiger partial charge is 0.490 e. The van der Waals surface area contributed by atoms with Crippen molar-refractivity contribution in [2.75, 3.05) is 38.3 Å². The number of benzene rings is 2. The molecule has 2 aromatic rings. The first kappa shape index (κ1) is 21.9. The lowest BCUT2D eigenvalue weighted by molar-refractivity contribution is -0.133. The molecule has 1 fully saturated rings. The molecule has 0 spiro atoms. The summed E-state index contributed by atoms with van der Waals surface area (Å²) in [4.78, 5) is 39.5. The number of nitrogens with zero attached hydrogens (tertiary/aromatic N) is 1. The molecule has 1 saturated heterocycles. The number of anilines is 1. The number of amides is 4. The van der Waals surface area contributed by atoms with E-state index in [1.54, 1.807) is 43.3 Å². The highest BCUT2D eigenvalue weighted by Crippen LogP contribution is 2.37. The zero-order chi connectivity index (χ0) is 23.7. The van der Waals surface area contributed by atoms with Crippen LogP contribution in [0.4, 0.5) is 10.5 Å². The fourth-order valence-electron chi connectivity index (χ4n) is 4.10. The van der Waals surface area contributed by atoms with Gasteiger partial charge in [0.25, 0.3) is 5.91 Å². The summed E-state index contributed by atoms with van der Waals surface area (Å²) in [5.41, 5.74) is -0.315. The number of hydrogen-bond donors (Lipinski definition) is 2. The van der Waals surface area contributed by atoms with E-state index in [1.165, 1.54) is 0 Å². The predicted molar refractivity (Wildman–Crippen MR) is 120 cm³/mol. The van der Waals surface area contributed by atoms with Gasteiger partial charge in [-0.25, -0.2) is 4.79 Å². The van der Waals surface area contributed by atoms with Gasteiger partial charge in [0, 0.05) is 24.6 Å². The number of nitrogens with one attached hydrogen (secondary N) is 2. The second-order valence-electron chi connectivity index (χ2n) is 8.42. The number of rotatable bonds is 4. The average molecular weight is 467 g/mol. The molecule has 3 heterocycles. The van der Waals surface area contributed by atoms with Crippen molar-refractivity contribution < 1.29 is 33.3 Å². The Kier molecular flexibility index (Phi) is 5.64. The standard InChI is InChI=1S/C24H25N3O7/c1-24(15-4-6-17-19(12-15)33-10-2-8-31-17)22(29)27(23(30)26-24)14-21(28)25-16-5-7-18-20(13-16)34-11-3-9-32-18/h4-7,12-13H,2-3,8-11,14H2,1H3,(H,25,28)(H,26,30)/t24-/m1/s1. The zero-order valence-corrected chi connectivity index (χ0v) is 18.7. The maximum Gasteiger partial charge on any atom is 0.325 e. The van der Waals surface area contributed by atoms with Gasteiger partial charge in [-0.05, 0) is 36.8 Å². The molecular formula is C24H25N3O7. The smallest absolute Gasteiger partial charge is 0.325 e. The minimum Gasteiger partial charge on any atom is -0.490 e. The summed E-state index contributed by atoms with van der Waals surface area (Å²) < 4.78 is 22.6. The number of hydrogen-bond acceptors (Lipinski definition) is 7. The highest BCUT2D eigenvalue weighted by Gasteiger charge is 2.49. The Labute approximate surface area is 196 Å². The van der Waals surface area contributed by atoms with Crippen LogP contribution in [0.2, 0.25) is 0 Å². The number of fused-ring (bicyclic) bond motifs is 2. The third-order valence-electron chi connectivity index (χ3n) is 5.93. The van der Waals surface area contributed by atoms with Crippen LogP contribution in [0.15, 0.2) is 36.4 Å². The van der Waals surface area contributed by atoms with Gasteiger partial charge in [0.05, 0.1) is 26.4 Å². The minimum atomic E-state index is -1.34. The van der Waals surface area contributed by atoms with Crippen molar-refractivity contribution in [2.24, 2.45) is 0 Å². The molecule has 34 heavy (non-hydrogen) atoms. The van der Waals surface area contributed by atoms with E-state index in [0.29, 0.717) is 60.7 Å². The molecule has 4 amide bonds. The normalized spacial score (nSPS) is 21.4. The molecule has 0 aromatic heterocycles. The van der Waals surface area contributed by atoms with E-state index in [9.17, 15) is 14.4 Å². The lowest BCUT2D eigenvalue weighted by Crippen LogP contribution is -2.42. The molecule has 0 unspecified atom stereocenters. The Morgan fingerprint density at radius 3 is 2.18 bits per heavy atom. The summed E-state index contributed by atoms with van der Waals surface area (Å²) in [6.45, 7) is 3.30. The van der Waals surface area contributed by atoms with Crippen LogP contribution in [0.3, 0.4) is 0 Å². The minimum absolute atomic E-state index is 0.431. The number of imide groups is 1. The van der Waals surface area contributed by atoms with Crippen LogP contribution >= 0.6 is 0 Å². The van der Waals surface area contributed by atoms with E-state index in [2.05, 4.69) is 10.6 Å². The Morgan fingerprint density at radius 2 is 1.50 bits per heavy atom. The molecule has 5 rings (SSSR count). The highest BCUT2D eigenvalue weighted by molar-refractivity contribution is 6.10. The fourth-order valence-corrected chi connectivity index (χ4v) is 4.10. The molecule has 2 N–H and O–H groups in total. The number of carbonyl (C=O) groups excluding carboxylic acids is 3. The van der Waals surface area contributed by atoms with Crippen LogP contribution < -0.4 is 29.6 Å². The van der Waals surface area contributed by atoms with Crippen LogP contribution in [0.5, 0.6) is 23.0 Å². The van der Waals surface area contributed by atoms with Gasteiger partial charge in [0.2, 0.25) is 5.91 Å². The molecule has 0 bridgehead atoms. The monoisotopic (exact) mass is 467 g/mol. The van der Waals surface area contributed by atoms with E-state index in [1.807, 2.05) is 0 Å². The molecule has 10 nitrogen and oxygen atoms in total. The van der Waals surface area contributed by atoms with Crippen molar-refractivity contribution in [3.63, 3.8) is 0 Å². The zero-order valence-electron chi connectivity index (χ0n) is 18.7. The molecule has 2 aromatic carbocycles. The van der Waals surface area contributed by atoms with Gasteiger partial charge < -0.3 is 29.6 Å². The van der Waals surface area contributed by atoms with E-state index in [-0.39, 0.29) is 0 Å². The van der Waals surface area contributed by atoms with Gasteiger partial charge in [-0.15, -0.1) is 0 Å². The van der Waals surface area contributed by atoms with Gasteiger partial charge in [0.1, 0.15) is 12.1 Å². The number of carbonyl (C=O) groups is 3. The summed E-state index contributed by atoms with van der Waals surface area (Å²) in [5.74, 6) is 1.21. The van der Waals surface area contributed by atoms with Crippen molar-refractivity contribution >= 4 is 23.5 Å². The second kappa shape index (κ2) is 8.77. The molecule has 0 radical (unpaired) electrons. The molecule has 10 heteroatoms. The highest BCUT2D eigenvalue weighted by atomic mass is 16.5. The first-order chi connectivity index (χ1) is 16.4. The Balaban J connectivity index is 1.29. The predicted octanol–water partition coefficient (Wildman–Crippen LogP) is 2.41. The van der Waals surface area contributed by atoms with Crippen molar-refractivity contribution in [2.45, 2.75) is 25.3 Å². The number of urea groups is 1. The summed E-state index contributed by atoms with van der Waals surface area (Å²) in [7, 11) is 0. The quantitative estimate of drug-likeness (QED) is 0.664. The summed E-state index contributed by atoms with van der Waals surface area (Å²) in [6, 6.07) is 9.54. The molecule has 0 saturated carbocycles. The first-order valence-corrected chi connectivity index (χ1v) is 11.2. The Morgan fingerprint density at radius 1 is 0.912 bits per heavy atom. The Bertz CT molecular complexity index is 1150. The van der Waals surface area contributed by atoms with E-state index < -0.39 is 29.9 Å². The molecule has 178 valence electrons. The molecule has 3 aliphatic heterocycles. The van der Waals surface area contributed by atoms with Crippen LogP contribution in [0.25, 0.3) is 0 Å². The maximum atomic E-state index is 13.2. The van der Waals surface area contributed by atoms with E-state index in [0.717, 1.165) is 17.7 Å². The lowest BCUT2D eigenvalue weighted by Gasteiger charge is -2.23. The molecular weight excluding hydrogens is 442 g/mol. The fraction of sp³-hybridized carbons (Fsp3) is 0.375. The van der Waals surface area contributed by atoms with Crippen LogP contribution in [0.1, 0.15) is 25.3 Å². The van der Waals surface area contributed by atoms with Crippen molar-refractivity contribution in [1.82, 2.24) is 10.2 Å². The lowest BCUT2D eigenvalue weighted by atomic mass is 9.91. The van der Waals surface area contributed by atoms with E-state index in [4.69, 9.17) is 18.9 Å². The first-order valence-electron chi connectivity index (χ1n) is 11.2. The molecule has 1 atom stereocenters. The van der Waals surface area contributed by atoms with Crippen molar-refractivity contribution in [3.05, 3.63) is 42.0 Å². The van der Waals surface area contributed by atoms with Gasteiger partial charge in [-0.3, -0.25) is 14.5 Å². The van der Waals surface area contributed by atoms with E-state index >= 15 is 0 Å². The third-order valence-corrected chi connectivity index (χ3v) is 5.93. The van der Waals surface area contributed by atoms with Crippen molar-refractivity contribution in [3.8, 4) is 23.0 Å². The van der Waals surface area contributed by atoms with Gasteiger partial charge in [0.15, 0.2) is 23.0 Å². The second-order valence-corrected chi connectivity index (χ2v) is 8.42.